The van der Waals surface area contributed by atoms with Crippen LogP contribution in [0.3, 0.4) is 0 Å². The van der Waals surface area contributed by atoms with Crippen molar-refractivity contribution in [3.05, 3.63) is 0 Å². The summed E-state index contributed by atoms with van der Waals surface area (Å²) in [5, 5.41) is 0. The molecule has 0 radical (unpaired) electrons. The van der Waals surface area contributed by atoms with Gasteiger partial charge in [0.05, 0.1) is 38.4 Å². The van der Waals surface area contributed by atoms with Crippen LogP contribution in [0.4, 0.5) is 4.79 Å². The Bertz CT molecular complexity index is 761. The van der Waals surface area contributed by atoms with Gasteiger partial charge in [0.1, 0.15) is 0 Å². The van der Waals surface area contributed by atoms with E-state index in [0.717, 1.165) is 38.5 Å². The van der Waals surface area contributed by atoms with Gasteiger partial charge in [-0.1, -0.05) is 39.5 Å². The summed E-state index contributed by atoms with van der Waals surface area (Å²) in [7, 11) is 0. The normalized spacial score (nSPS) is 13.3. The van der Waals surface area contributed by atoms with Crippen molar-refractivity contribution >= 4 is 30.5 Å². The highest BCUT2D eigenvalue weighted by molar-refractivity contribution is 5.59. The van der Waals surface area contributed by atoms with Gasteiger partial charge in [-0.2, -0.15) is 0 Å². The van der Waals surface area contributed by atoms with Crippen molar-refractivity contribution in [1.82, 2.24) is 0 Å². The maximum Gasteiger partial charge on any atom is 0.508 e. The van der Waals surface area contributed by atoms with Crippen LogP contribution in [0.1, 0.15) is 90.9 Å². The van der Waals surface area contributed by atoms with E-state index in [1.54, 1.807) is 12.2 Å². The summed E-state index contributed by atoms with van der Waals surface area (Å²) in [5.41, 5.74) is 0. The fourth-order valence-corrected chi connectivity index (χ4v) is 4.26. The first-order valence-electron chi connectivity index (χ1n) is 13.6. The molecule has 0 aliphatic rings. The highest BCUT2D eigenvalue weighted by Crippen LogP contribution is 2.22. The standard InChI is InChI=1S/C27H42N4O7/c1-3-5-13-25(30-21-34)23(17-28-19-32)11-7-9-15-37-27(36)38-16-10-8-12-24(18-29-20-33)26(31-22-35)14-6-4-2/h23-26H,3-18H2,1-2H3. The zero-order valence-electron chi connectivity index (χ0n) is 22.8. The Hall–Kier alpha value is -3.21. The molecule has 4 atom stereocenters. The van der Waals surface area contributed by atoms with Gasteiger partial charge in [0.25, 0.3) is 0 Å². The summed E-state index contributed by atoms with van der Waals surface area (Å²) in [5.74, 6) is -0.146. The molecule has 11 heteroatoms. The number of hydrogen-bond donors (Lipinski definition) is 0. The second-order valence-corrected chi connectivity index (χ2v) is 9.18. The Labute approximate surface area is 225 Å². The summed E-state index contributed by atoms with van der Waals surface area (Å²) in [4.78, 5) is 69.7. The second-order valence-electron chi connectivity index (χ2n) is 9.18. The van der Waals surface area contributed by atoms with Crippen molar-refractivity contribution in [2.75, 3.05) is 26.3 Å². The zero-order valence-corrected chi connectivity index (χ0v) is 22.8. The van der Waals surface area contributed by atoms with Crippen LogP contribution in [0.5, 0.6) is 0 Å². The molecule has 0 heterocycles. The minimum absolute atomic E-state index is 0.0729. The fourth-order valence-electron chi connectivity index (χ4n) is 4.26. The molecule has 0 amide bonds. The number of unbranched alkanes of at least 4 members (excludes halogenated alkanes) is 4. The number of hydrogen-bond acceptors (Lipinski definition) is 11. The number of ether oxygens (including phenoxy) is 2. The van der Waals surface area contributed by atoms with E-state index in [1.807, 2.05) is 13.8 Å². The van der Waals surface area contributed by atoms with Crippen molar-refractivity contribution in [1.29, 1.82) is 0 Å². The van der Waals surface area contributed by atoms with Crippen molar-refractivity contribution in [3.63, 3.8) is 0 Å². The SMILES string of the molecule is CCCCC(N=C=O)C(CCCCOC(=O)OCCCCC(CN=C=O)C(CCCC)N=C=O)CN=C=O. The summed E-state index contributed by atoms with van der Waals surface area (Å²) in [6.45, 7) is 4.97. The molecule has 0 saturated heterocycles. The summed E-state index contributed by atoms with van der Waals surface area (Å²) < 4.78 is 10.2. The minimum Gasteiger partial charge on any atom is -0.434 e. The number of nitrogens with zero attached hydrogens (tertiary/aromatic N) is 4. The Morgan fingerprint density at radius 1 is 0.605 bits per heavy atom. The average molecular weight is 535 g/mol. The molecule has 0 fully saturated rings. The smallest absolute Gasteiger partial charge is 0.434 e. The molecule has 4 unspecified atom stereocenters. The third-order valence-electron chi connectivity index (χ3n) is 6.39. The monoisotopic (exact) mass is 534 g/mol. The van der Waals surface area contributed by atoms with E-state index >= 15 is 0 Å². The topological polar surface area (TPSA) is 153 Å². The Morgan fingerprint density at radius 3 is 1.37 bits per heavy atom. The van der Waals surface area contributed by atoms with Gasteiger partial charge in [0.15, 0.2) is 0 Å². The first-order valence-corrected chi connectivity index (χ1v) is 13.6. The molecule has 0 aromatic heterocycles. The van der Waals surface area contributed by atoms with Crippen LogP contribution in [-0.4, -0.2) is 68.9 Å². The van der Waals surface area contributed by atoms with Gasteiger partial charge >= 0.3 is 6.16 Å². The van der Waals surface area contributed by atoms with Crippen molar-refractivity contribution in [3.8, 4) is 0 Å². The summed E-state index contributed by atoms with van der Waals surface area (Å²) in [6.07, 6.45) is 14.7. The predicted molar refractivity (Wildman–Crippen MR) is 141 cm³/mol. The van der Waals surface area contributed by atoms with E-state index in [-0.39, 0.29) is 50.2 Å². The summed E-state index contributed by atoms with van der Waals surface area (Å²) in [6, 6.07) is -0.486. The van der Waals surface area contributed by atoms with Gasteiger partial charge < -0.3 is 9.47 Å². The lowest BCUT2D eigenvalue weighted by atomic mass is 9.90. The van der Waals surface area contributed by atoms with E-state index in [1.165, 1.54) is 12.2 Å². The van der Waals surface area contributed by atoms with Gasteiger partial charge in [-0.3, -0.25) is 0 Å². The number of carbonyl (C=O) groups excluding carboxylic acids is 5. The highest BCUT2D eigenvalue weighted by atomic mass is 16.7. The third kappa shape index (κ3) is 18.1. The maximum atomic E-state index is 11.9. The van der Waals surface area contributed by atoms with Crippen LogP contribution in [0.25, 0.3) is 0 Å². The van der Waals surface area contributed by atoms with Crippen LogP contribution in [-0.2, 0) is 28.7 Å². The predicted octanol–water partition coefficient (Wildman–Crippen LogP) is 5.17. The van der Waals surface area contributed by atoms with Crippen LogP contribution in [0.15, 0.2) is 20.0 Å². The average Bonchev–Trinajstić information content (AvgIpc) is 2.92. The van der Waals surface area contributed by atoms with Crippen molar-refractivity contribution in [2.45, 2.75) is 103 Å². The molecule has 0 rings (SSSR count). The number of isocyanates is 4. The minimum atomic E-state index is -0.744. The largest absolute Gasteiger partial charge is 0.508 e. The molecule has 0 aliphatic heterocycles. The first-order chi connectivity index (χ1) is 18.6. The van der Waals surface area contributed by atoms with E-state index < -0.39 is 6.16 Å². The molecule has 0 aliphatic carbocycles. The molecule has 212 valence electrons. The lowest BCUT2D eigenvalue weighted by Gasteiger charge is -2.21. The molecule has 0 bridgehead atoms. The molecule has 0 saturated carbocycles. The highest BCUT2D eigenvalue weighted by Gasteiger charge is 2.21. The first kappa shape index (κ1) is 34.8. The van der Waals surface area contributed by atoms with Crippen LogP contribution in [0, 0.1) is 11.8 Å². The third-order valence-corrected chi connectivity index (χ3v) is 6.39. The van der Waals surface area contributed by atoms with Gasteiger partial charge in [0.2, 0.25) is 24.3 Å². The number of rotatable bonds is 24. The van der Waals surface area contributed by atoms with Gasteiger partial charge in [-0.25, -0.2) is 43.9 Å². The van der Waals surface area contributed by atoms with Gasteiger partial charge in [-0.15, -0.1) is 0 Å². The molecule has 11 nitrogen and oxygen atoms in total. The van der Waals surface area contributed by atoms with E-state index in [2.05, 4.69) is 20.0 Å². The Morgan fingerprint density at radius 2 is 1.03 bits per heavy atom. The quantitative estimate of drug-likeness (QED) is 0.0716. The second kappa shape index (κ2) is 25.4. The Balaban J connectivity index is 4.37. The van der Waals surface area contributed by atoms with Crippen molar-refractivity contribution in [2.24, 2.45) is 31.8 Å². The molecule has 38 heavy (non-hydrogen) atoms. The molecule has 0 aromatic carbocycles. The van der Waals surface area contributed by atoms with Gasteiger partial charge in [0, 0.05) is 11.8 Å². The fraction of sp³-hybridized carbons (Fsp3) is 0.815. The molecule has 0 spiro atoms. The maximum absolute atomic E-state index is 11.9. The zero-order chi connectivity index (χ0) is 28.3. The van der Waals surface area contributed by atoms with Crippen LogP contribution >= 0.6 is 0 Å². The van der Waals surface area contributed by atoms with Crippen LogP contribution < -0.4 is 0 Å². The van der Waals surface area contributed by atoms with E-state index in [0.29, 0.717) is 38.5 Å². The van der Waals surface area contributed by atoms with Gasteiger partial charge in [-0.05, 0) is 51.4 Å². The molecular weight excluding hydrogens is 492 g/mol. The van der Waals surface area contributed by atoms with E-state index in [9.17, 15) is 24.0 Å². The molecular formula is C27H42N4O7. The summed E-state index contributed by atoms with van der Waals surface area (Å²) >= 11 is 0. The lowest BCUT2D eigenvalue weighted by Crippen LogP contribution is -2.22. The number of carbonyl (C=O) groups is 1. The number of aliphatic imine (C=N–C) groups is 4. The van der Waals surface area contributed by atoms with E-state index in [4.69, 9.17) is 9.47 Å². The van der Waals surface area contributed by atoms with Crippen molar-refractivity contribution < 1.29 is 33.4 Å². The Kier molecular flexibility index (Phi) is 23.3. The van der Waals surface area contributed by atoms with Crippen LogP contribution in [0.2, 0.25) is 0 Å². The lowest BCUT2D eigenvalue weighted by molar-refractivity contribution is 0.0524. The molecule has 0 aromatic rings. The molecule has 0 N–H and O–H groups in total.